The van der Waals surface area contributed by atoms with Crippen molar-refractivity contribution in [3.8, 4) is 0 Å². The summed E-state index contributed by atoms with van der Waals surface area (Å²) in [5.74, 6) is -0.157. The van der Waals surface area contributed by atoms with Gasteiger partial charge in [0.1, 0.15) is 12.4 Å². The Bertz CT molecular complexity index is 1050. The number of esters is 1. The summed E-state index contributed by atoms with van der Waals surface area (Å²) in [4.78, 5) is 23.5. The van der Waals surface area contributed by atoms with Gasteiger partial charge in [-0.15, -0.1) is 0 Å². The van der Waals surface area contributed by atoms with Crippen molar-refractivity contribution in [1.82, 2.24) is 0 Å². The average molecular weight is 683 g/mol. The van der Waals surface area contributed by atoms with Crippen molar-refractivity contribution in [3.63, 3.8) is 0 Å². The van der Waals surface area contributed by atoms with E-state index < -0.39 is 22.7 Å². The fourth-order valence-electron chi connectivity index (χ4n) is 6.56. The number of carbonyl (C=O) groups is 2. The Morgan fingerprint density at radius 2 is 1.57 bits per heavy atom. The van der Waals surface area contributed by atoms with Crippen LogP contribution in [0.25, 0.3) is 0 Å². The lowest BCUT2D eigenvalue weighted by molar-refractivity contribution is -0.271. The van der Waals surface area contributed by atoms with Gasteiger partial charge in [0.25, 0.3) is 0 Å². The van der Waals surface area contributed by atoms with E-state index >= 15 is 0 Å². The Morgan fingerprint density at radius 1 is 0.935 bits per heavy atom. The van der Waals surface area contributed by atoms with Gasteiger partial charge in [0.2, 0.25) is 0 Å². The summed E-state index contributed by atoms with van der Waals surface area (Å²) in [5.41, 5.74) is 1.03. The lowest BCUT2D eigenvalue weighted by Crippen LogP contribution is -2.63. The van der Waals surface area contributed by atoms with Crippen LogP contribution in [0, 0.1) is 11.8 Å². The largest absolute Gasteiger partial charge is 0.459 e. The van der Waals surface area contributed by atoms with Gasteiger partial charge in [-0.2, -0.15) is 0 Å². The molecule has 0 saturated carbocycles. The van der Waals surface area contributed by atoms with E-state index in [1.165, 1.54) is 6.92 Å². The second-order valence-corrected chi connectivity index (χ2v) is 26.8. The van der Waals surface area contributed by atoms with Crippen LogP contribution in [0.4, 0.5) is 0 Å². The third kappa shape index (κ3) is 9.63. The highest BCUT2D eigenvalue weighted by Crippen LogP contribution is 2.45. The minimum atomic E-state index is -2.13. The predicted octanol–water partition coefficient (Wildman–Crippen LogP) is 8.00. The number of fused-ring (bicyclic) bond motifs is 1. The number of aldehydes is 1. The van der Waals surface area contributed by atoms with Crippen LogP contribution in [0.2, 0.25) is 36.3 Å². The van der Waals surface area contributed by atoms with E-state index in [9.17, 15) is 9.59 Å². The highest BCUT2D eigenvalue weighted by Gasteiger charge is 2.53. The third-order valence-corrected chi connectivity index (χ3v) is 20.7. The highest BCUT2D eigenvalue weighted by atomic mass is 28.4. The molecule has 0 aromatic carbocycles. The second-order valence-electron chi connectivity index (χ2n) is 17.3. The highest BCUT2D eigenvalue weighted by molar-refractivity contribution is 6.74. The van der Waals surface area contributed by atoms with E-state index in [0.717, 1.165) is 24.7 Å². The van der Waals surface area contributed by atoms with Crippen LogP contribution in [0.1, 0.15) is 101 Å². The summed E-state index contributed by atoms with van der Waals surface area (Å²) in [5, 5.41) is 0.172. The Labute approximate surface area is 282 Å². The molecule has 3 unspecified atom stereocenters. The number of rotatable bonds is 12. The van der Waals surface area contributed by atoms with E-state index in [2.05, 4.69) is 88.2 Å². The van der Waals surface area contributed by atoms with Crippen molar-refractivity contribution < 1.29 is 37.4 Å². The van der Waals surface area contributed by atoms with Gasteiger partial charge in [0.15, 0.2) is 16.6 Å². The Kier molecular flexibility index (Phi) is 13.2. The van der Waals surface area contributed by atoms with Crippen LogP contribution in [-0.4, -0.2) is 84.3 Å². The van der Waals surface area contributed by atoms with Gasteiger partial charge < -0.3 is 32.6 Å². The molecule has 266 valence electrons. The molecular weight excluding hydrogens is 617 g/mol. The van der Waals surface area contributed by atoms with Crippen molar-refractivity contribution in [1.29, 1.82) is 0 Å². The molecule has 0 spiro atoms. The molecule has 0 aromatic heterocycles. The van der Waals surface area contributed by atoms with Gasteiger partial charge in [0, 0.05) is 38.7 Å². The molecule has 8 nitrogen and oxygen atoms in total. The van der Waals surface area contributed by atoms with E-state index in [-0.39, 0.29) is 70.6 Å². The monoisotopic (exact) mass is 682 g/mol. The van der Waals surface area contributed by atoms with Crippen LogP contribution in [-0.2, 0) is 37.4 Å². The first-order valence-corrected chi connectivity index (χ1v) is 23.5. The fraction of sp³-hybridized carbons (Fsp3) is 0.889. The lowest BCUT2D eigenvalue weighted by atomic mass is 9.79. The zero-order valence-corrected chi connectivity index (χ0v) is 33.3. The summed E-state index contributed by atoms with van der Waals surface area (Å²) < 4.78 is 40.0. The maximum atomic E-state index is 12.4. The van der Waals surface area contributed by atoms with Gasteiger partial charge in [-0.05, 0) is 67.0 Å². The van der Waals surface area contributed by atoms with Gasteiger partial charge in [-0.3, -0.25) is 4.79 Å². The summed E-state index contributed by atoms with van der Waals surface area (Å²) in [6, 6.07) is 0. The number of ether oxygens (including phenoxy) is 4. The minimum Gasteiger partial charge on any atom is -0.459 e. The summed E-state index contributed by atoms with van der Waals surface area (Å²) in [6.45, 7) is 33.5. The summed E-state index contributed by atoms with van der Waals surface area (Å²) >= 11 is 0. The van der Waals surface area contributed by atoms with Crippen LogP contribution < -0.4 is 0 Å². The van der Waals surface area contributed by atoms with Crippen molar-refractivity contribution in [2.75, 3.05) is 6.61 Å². The SMILES string of the molecule is C=C1C(C[C@@H]2O[C@H]3CC(O[Si](C)(C)C(C)(C)C)C(CCO[Si](C)(C)C(C)(C)C)O[C@H]3[C@H](C)[C@H]2OC(C)=O)O[C@@H](CCC=O)C[C@H]1C. The molecule has 0 aromatic rings. The number of hydrogen-bond acceptors (Lipinski definition) is 8. The molecule has 0 radical (unpaired) electrons. The first kappa shape index (κ1) is 39.6. The van der Waals surface area contributed by atoms with Crippen LogP contribution in [0.5, 0.6) is 0 Å². The second kappa shape index (κ2) is 15.3. The molecule has 46 heavy (non-hydrogen) atoms. The van der Waals surface area contributed by atoms with Crippen LogP contribution >= 0.6 is 0 Å². The molecule has 0 amide bonds. The molecule has 10 atom stereocenters. The quantitative estimate of drug-likeness (QED) is 0.0886. The van der Waals surface area contributed by atoms with E-state index in [1.54, 1.807) is 0 Å². The molecule has 3 aliphatic heterocycles. The third-order valence-electron chi connectivity index (χ3n) is 11.6. The Hall–Kier alpha value is -0.886. The Balaban J connectivity index is 1.86. The van der Waals surface area contributed by atoms with E-state index in [4.69, 9.17) is 27.8 Å². The smallest absolute Gasteiger partial charge is 0.303 e. The van der Waals surface area contributed by atoms with Crippen molar-refractivity contribution in [3.05, 3.63) is 12.2 Å². The molecule has 3 rings (SSSR count). The molecular formula is C36H66O8Si2. The fourth-order valence-corrected chi connectivity index (χ4v) is 8.98. The van der Waals surface area contributed by atoms with Gasteiger partial charge in [-0.1, -0.05) is 62.0 Å². The zero-order chi connectivity index (χ0) is 34.8. The maximum Gasteiger partial charge on any atom is 0.303 e. The normalized spacial score (nSPS) is 34.6. The maximum absolute atomic E-state index is 12.4. The average Bonchev–Trinajstić information content (AvgIpc) is 2.91. The van der Waals surface area contributed by atoms with Crippen LogP contribution in [0.15, 0.2) is 12.2 Å². The van der Waals surface area contributed by atoms with Crippen molar-refractivity contribution in [2.45, 2.75) is 186 Å². The molecule has 3 fully saturated rings. The molecule has 3 heterocycles. The van der Waals surface area contributed by atoms with Gasteiger partial charge >= 0.3 is 5.97 Å². The number of hydrogen-bond donors (Lipinski definition) is 0. The van der Waals surface area contributed by atoms with Gasteiger partial charge in [-0.25, -0.2) is 0 Å². The minimum absolute atomic E-state index is 0.00804. The molecule has 3 aliphatic rings. The lowest BCUT2D eigenvalue weighted by Gasteiger charge is -2.53. The molecule has 10 heteroatoms. The molecule has 3 saturated heterocycles. The van der Waals surface area contributed by atoms with E-state index in [1.807, 2.05) is 0 Å². The van der Waals surface area contributed by atoms with Crippen molar-refractivity contribution >= 4 is 28.9 Å². The number of carbonyl (C=O) groups excluding carboxylic acids is 2. The molecule has 0 bridgehead atoms. The predicted molar refractivity (Wildman–Crippen MR) is 188 cm³/mol. The summed E-state index contributed by atoms with van der Waals surface area (Å²) in [7, 11) is -4.06. The summed E-state index contributed by atoms with van der Waals surface area (Å²) in [6.07, 6.45) is 3.10. The van der Waals surface area contributed by atoms with E-state index in [0.29, 0.717) is 32.3 Å². The zero-order valence-electron chi connectivity index (χ0n) is 31.3. The topological polar surface area (TPSA) is 89.5 Å². The Morgan fingerprint density at radius 3 is 2.13 bits per heavy atom. The molecule has 0 N–H and O–H groups in total. The molecule has 0 aliphatic carbocycles. The van der Waals surface area contributed by atoms with Crippen molar-refractivity contribution in [2.24, 2.45) is 11.8 Å². The van der Waals surface area contributed by atoms with Crippen LogP contribution in [0.3, 0.4) is 0 Å². The van der Waals surface area contributed by atoms with Gasteiger partial charge in [0.05, 0.1) is 42.7 Å². The standard InChI is InChI=1S/C36H66O8Si2/c1-23-20-27(16-15-18-37)41-29(24(23)2)21-31-33(40-26(4)38)25(3)34-32(42-31)22-30(44-46(13,14)36(8,9)10)28(43-34)17-19-39-45(11,12)35(5,6)7/h18,23,25,27-34H,2,15-17,19-22H2,1,3-14H3/t23-,25-,27+,28?,29?,30?,31+,32+,33-,34+/m1/s1. The first-order valence-electron chi connectivity index (χ1n) is 17.7. The first-order chi connectivity index (χ1) is 21.1.